The molecule has 0 radical (unpaired) electrons. The lowest BCUT2D eigenvalue weighted by molar-refractivity contribution is 0.0931. The fourth-order valence-corrected chi connectivity index (χ4v) is 3.09. The number of anilines is 1. The van der Waals surface area contributed by atoms with E-state index < -0.39 is 0 Å². The highest BCUT2D eigenvalue weighted by Crippen LogP contribution is 2.41. The van der Waals surface area contributed by atoms with Gasteiger partial charge in [0.15, 0.2) is 5.76 Å². The van der Waals surface area contributed by atoms with Crippen molar-refractivity contribution >= 4 is 17.5 Å². The second-order valence-corrected chi connectivity index (χ2v) is 6.71. The molecule has 136 valence electrons. The van der Waals surface area contributed by atoms with Gasteiger partial charge in [-0.15, -0.1) is 0 Å². The van der Waals surface area contributed by atoms with Gasteiger partial charge in [-0.2, -0.15) is 0 Å². The van der Waals surface area contributed by atoms with Crippen LogP contribution in [-0.4, -0.2) is 11.8 Å². The molecule has 2 N–H and O–H groups in total. The number of hydrogen-bond donors (Lipinski definition) is 2. The zero-order valence-electron chi connectivity index (χ0n) is 14.7. The summed E-state index contributed by atoms with van der Waals surface area (Å²) in [6.45, 7) is 0. The number of rotatable bonds is 6. The van der Waals surface area contributed by atoms with Crippen LogP contribution in [0.25, 0.3) is 0 Å². The van der Waals surface area contributed by atoms with Gasteiger partial charge in [-0.3, -0.25) is 9.59 Å². The van der Waals surface area contributed by atoms with Crippen molar-refractivity contribution in [1.82, 2.24) is 5.32 Å². The van der Waals surface area contributed by atoms with Crippen molar-refractivity contribution in [3.05, 3.63) is 89.9 Å². The molecule has 27 heavy (non-hydrogen) atoms. The highest BCUT2D eigenvalue weighted by Gasteiger charge is 2.33. The fraction of sp³-hybridized carbons (Fsp3) is 0.182. The van der Waals surface area contributed by atoms with Crippen molar-refractivity contribution in [3.63, 3.8) is 0 Å². The van der Waals surface area contributed by atoms with Crippen molar-refractivity contribution in [2.24, 2.45) is 5.92 Å². The Hall–Kier alpha value is -3.34. The van der Waals surface area contributed by atoms with Gasteiger partial charge < -0.3 is 15.1 Å². The van der Waals surface area contributed by atoms with Gasteiger partial charge in [-0.1, -0.05) is 30.3 Å². The summed E-state index contributed by atoms with van der Waals surface area (Å²) in [5.74, 6) is 0.310. The molecule has 0 bridgehead atoms. The Morgan fingerprint density at radius 3 is 2.26 bits per heavy atom. The monoisotopic (exact) mass is 360 g/mol. The minimum Gasteiger partial charge on any atom is -0.459 e. The molecule has 1 heterocycles. The Morgan fingerprint density at radius 1 is 0.889 bits per heavy atom. The summed E-state index contributed by atoms with van der Waals surface area (Å²) in [4.78, 5) is 24.7. The van der Waals surface area contributed by atoms with Gasteiger partial charge in [0.05, 0.1) is 12.3 Å². The summed E-state index contributed by atoms with van der Waals surface area (Å²) >= 11 is 0. The van der Waals surface area contributed by atoms with E-state index in [2.05, 4.69) is 22.8 Å². The normalized spacial score (nSPS) is 14.4. The van der Waals surface area contributed by atoms with Crippen molar-refractivity contribution < 1.29 is 14.0 Å². The van der Waals surface area contributed by atoms with Gasteiger partial charge in [0.25, 0.3) is 11.8 Å². The molecule has 0 aliphatic heterocycles. The van der Waals surface area contributed by atoms with E-state index in [9.17, 15) is 9.59 Å². The SMILES string of the molecule is O=C(NC(c1ccccc1)C1CC1)c1ccc(NC(=O)c2ccco2)cc1. The molecule has 5 heteroatoms. The third kappa shape index (κ3) is 4.08. The van der Waals surface area contributed by atoms with E-state index in [0.717, 1.165) is 18.4 Å². The largest absolute Gasteiger partial charge is 0.459 e. The highest BCUT2D eigenvalue weighted by molar-refractivity contribution is 6.02. The second-order valence-electron chi connectivity index (χ2n) is 6.71. The first kappa shape index (κ1) is 17.1. The minimum absolute atomic E-state index is 0.0389. The summed E-state index contributed by atoms with van der Waals surface area (Å²) in [6.07, 6.45) is 3.72. The van der Waals surface area contributed by atoms with Crippen LogP contribution >= 0.6 is 0 Å². The second kappa shape index (κ2) is 7.50. The van der Waals surface area contributed by atoms with Crippen LogP contribution < -0.4 is 10.6 Å². The Morgan fingerprint density at radius 2 is 1.63 bits per heavy atom. The Balaban J connectivity index is 1.42. The van der Waals surface area contributed by atoms with Gasteiger partial charge in [-0.05, 0) is 60.7 Å². The third-order valence-electron chi connectivity index (χ3n) is 4.69. The fourth-order valence-electron chi connectivity index (χ4n) is 3.09. The number of carbonyl (C=O) groups is 2. The summed E-state index contributed by atoms with van der Waals surface area (Å²) in [5.41, 5.74) is 2.30. The van der Waals surface area contributed by atoms with Crippen LogP contribution in [0.1, 0.15) is 45.4 Å². The first-order chi connectivity index (χ1) is 13.2. The van der Waals surface area contributed by atoms with Crippen molar-refractivity contribution in [2.75, 3.05) is 5.32 Å². The zero-order valence-corrected chi connectivity index (χ0v) is 14.7. The molecule has 1 aliphatic carbocycles. The molecule has 1 fully saturated rings. The lowest BCUT2D eigenvalue weighted by atomic mass is 10.0. The Kier molecular flexibility index (Phi) is 4.75. The molecule has 3 aromatic rings. The third-order valence-corrected chi connectivity index (χ3v) is 4.69. The van der Waals surface area contributed by atoms with Gasteiger partial charge in [0.1, 0.15) is 0 Å². The average molecular weight is 360 g/mol. The summed E-state index contributed by atoms with van der Waals surface area (Å²) in [6, 6.07) is 20.2. The molecule has 1 atom stereocenters. The number of benzene rings is 2. The highest BCUT2D eigenvalue weighted by atomic mass is 16.3. The molecule has 5 nitrogen and oxygen atoms in total. The average Bonchev–Trinajstić information content (AvgIpc) is 3.39. The summed E-state index contributed by atoms with van der Waals surface area (Å²) < 4.78 is 5.07. The molecule has 0 spiro atoms. The number of furan rings is 1. The Bertz CT molecular complexity index is 914. The molecular weight excluding hydrogens is 340 g/mol. The molecule has 2 aromatic carbocycles. The number of nitrogens with one attached hydrogen (secondary N) is 2. The van der Waals surface area contributed by atoms with Gasteiger partial charge in [0, 0.05) is 11.3 Å². The van der Waals surface area contributed by atoms with Crippen LogP contribution in [0.4, 0.5) is 5.69 Å². The van der Waals surface area contributed by atoms with E-state index in [0.29, 0.717) is 17.2 Å². The van der Waals surface area contributed by atoms with Gasteiger partial charge in [-0.25, -0.2) is 0 Å². The van der Waals surface area contributed by atoms with E-state index in [4.69, 9.17) is 4.42 Å². The van der Waals surface area contributed by atoms with E-state index in [1.807, 2.05) is 18.2 Å². The van der Waals surface area contributed by atoms with Crippen molar-refractivity contribution in [2.45, 2.75) is 18.9 Å². The van der Waals surface area contributed by atoms with Crippen LogP contribution in [0.2, 0.25) is 0 Å². The van der Waals surface area contributed by atoms with Gasteiger partial charge in [0.2, 0.25) is 0 Å². The van der Waals surface area contributed by atoms with E-state index in [-0.39, 0.29) is 23.6 Å². The first-order valence-corrected chi connectivity index (χ1v) is 9.01. The summed E-state index contributed by atoms with van der Waals surface area (Å²) in [5, 5.41) is 5.89. The molecular formula is C22H20N2O3. The minimum atomic E-state index is -0.324. The van der Waals surface area contributed by atoms with E-state index in [1.165, 1.54) is 6.26 Å². The molecule has 0 saturated heterocycles. The van der Waals surface area contributed by atoms with E-state index in [1.54, 1.807) is 36.4 Å². The van der Waals surface area contributed by atoms with E-state index >= 15 is 0 Å². The quantitative estimate of drug-likeness (QED) is 0.684. The predicted molar refractivity (Wildman–Crippen MR) is 102 cm³/mol. The van der Waals surface area contributed by atoms with Gasteiger partial charge >= 0.3 is 0 Å². The van der Waals surface area contributed by atoms with Crippen LogP contribution in [0.3, 0.4) is 0 Å². The van der Waals surface area contributed by atoms with Crippen LogP contribution in [0.15, 0.2) is 77.4 Å². The van der Waals surface area contributed by atoms with Crippen LogP contribution in [0, 0.1) is 5.92 Å². The maximum absolute atomic E-state index is 12.7. The number of amides is 2. The lowest BCUT2D eigenvalue weighted by Gasteiger charge is -2.19. The standard InChI is InChI=1S/C22H20N2O3/c25-21(24-20(16-8-9-16)15-5-2-1-3-6-15)17-10-12-18(13-11-17)23-22(26)19-7-4-14-27-19/h1-7,10-14,16,20H,8-9H2,(H,23,26)(H,24,25). The maximum atomic E-state index is 12.7. The Labute approximate surface area is 157 Å². The molecule has 1 aliphatic rings. The number of hydrogen-bond acceptors (Lipinski definition) is 3. The van der Waals surface area contributed by atoms with Crippen molar-refractivity contribution in [1.29, 1.82) is 0 Å². The zero-order chi connectivity index (χ0) is 18.6. The first-order valence-electron chi connectivity index (χ1n) is 9.01. The predicted octanol–water partition coefficient (Wildman–Crippen LogP) is 4.41. The summed E-state index contributed by atoms with van der Waals surface area (Å²) in [7, 11) is 0. The van der Waals surface area contributed by atoms with Crippen LogP contribution in [-0.2, 0) is 0 Å². The molecule has 1 unspecified atom stereocenters. The molecule has 4 rings (SSSR count). The lowest BCUT2D eigenvalue weighted by Crippen LogP contribution is -2.29. The molecule has 1 saturated carbocycles. The molecule has 1 aromatic heterocycles. The molecule has 2 amide bonds. The van der Waals surface area contributed by atoms with Crippen molar-refractivity contribution in [3.8, 4) is 0 Å². The smallest absolute Gasteiger partial charge is 0.291 e. The topological polar surface area (TPSA) is 71.3 Å². The maximum Gasteiger partial charge on any atom is 0.291 e. The number of carbonyl (C=O) groups excluding carboxylic acids is 2. The van der Waals surface area contributed by atoms with Crippen LogP contribution in [0.5, 0.6) is 0 Å².